The molecule has 0 aromatic heterocycles. The zero-order valence-electron chi connectivity index (χ0n) is 14.6. The molecule has 0 amide bonds. The predicted molar refractivity (Wildman–Crippen MR) is 79.8 cm³/mol. The van der Waals surface area contributed by atoms with Crippen molar-refractivity contribution in [2.45, 2.75) is 57.4 Å². The SMILES string of the molecule is C=CCCCCCCCCC([O-])=NC(CS(=O)(=O)O)C(=O)[O-].[Na+].[Na+]. The minimum absolute atomic E-state index is 0. The van der Waals surface area contributed by atoms with Crippen LogP contribution in [0.4, 0.5) is 0 Å². The summed E-state index contributed by atoms with van der Waals surface area (Å²) in [7, 11) is -4.53. The molecule has 1 N–H and O–H groups in total. The molecule has 0 saturated carbocycles. The van der Waals surface area contributed by atoms with Crippen LogP contribution < -0.4 is 69.3 Å². The number of allylic oxidation sites excluding steroid dienone is 1. The van der Waals surface area contributed by atoms with E-state index in [2.05, 4.69) is 11.6 Å². The molecule has 0 saturated heterocycles. The van der Waals surface area contributed by atoms with Crippen molar-refractivity contribution in [2.24, 2.45) is 4.99 Å². The summed E-state index contributed by atoms with van der Waals surface area (Å²) in [5.74, 6) is -3.64. The van der Waals surface area contributed by atoms with Gasteiger partial charge in [0.25, 0.3) is 10.1 Å². The largest absolute Gasteiger partial charge is 1.00 e. The van der Waals surface area contributed by atoms with E-state index in [-0.39, 0.29) is 65.5 Å². The Hall–Kier alpha value is 0.590. The van der Waals surface area contributed by atoms with Crippen molar-refractivity contribution in [1.29, 1.82) is 0 Å². The van der Waals surface area contributed by atoms with Crippen LogP contribution in [0, 0.1) is 0 Å². The van der Waals surface area contributed by atoms with E-state index in [1.54, 1.807) is 0 Å². The molecular formula is C14H23NNa2O6S. The van der Waals surface area contributed by atoms with Gasteiger partial charge in [0.1, 0.15) is 11.8 Å². The van der Waals surface area contributed by atoms with Gasteiger partial charge in [-0.25, -0.2) is 0 Å². The Labute approximate surface area is 188 Å². The average molecular weight is 379 g/mol. The van der Waals surface area contributed by atoms with E-state index in [0.29, 0.717) is 6.42 Å². The van der Waals surface area contributed by atoms with Gasteiger partial charge in [0.2, 0.25) is 0 Å². The first kappa shape index (κ1) is 29.4. The normalized spacial score (nSPS) is 12.6. The van der Waals surface area contributed by atoms with Crippen LogP contribution >= 0.6 is 0 Å². The second-order valence-corrected chi connectivity index (χ2v) is 6.55. The molecule has 10 heteroatoms. The van der Waals surface area contributed by atoms with E-state index in [0.717, 1.165) is 38.5 Å². The van der Waals surface area contributed by atoms with Crippen molar-refractivity contribution < 1.29 is 87.1 Å². The molecule has 128 valence electrons. The maximum absolute atomic E-state index is 11.5. The zero-order chi connectivity index (χ0) is 17.0. The Morgan fingerprint density at radius 1 is 1.08 bits per heavy atom. The molecule has 0 radical (unpaired) electrons. The van der Waals surface area contributed by atoms with E-state index in [9.17, 15) is 23.4 Å². The number of aliphatic imine (C=N–C) groups is 1. The molecule has 0 spiro atoms. The van der Waals surface area contributed by atoms with Crippen LogP contribution in [-0.4, -0.2) is 36.6 Å². The van der Waals surface area contributed by atoms with Gasteiger partial charge in [-0.05, 0) is 31.6 Å². The van der Waals surface area contributed by atoms with E-state index in [1.165, 1.54) is 0 Å². The summed E-state index contributed by atoms with van der Waals surface area (Å²) in [4.78, 5) is 13.9. The van der Waals surface area contributed by atoms with Gasteiger partial charge in [-0.1, -0.05) is 31.8 Å². The number of nitrogens with zero attached hydrogens (tertiary/aromatic N) is 1. The van der Waals surface area contributed by atoms with Gasteiger partial charge in [0.15, 0.2) is 0 Å². The standard InChI is InChI=1S/C14H25NO6S.2Na/c1-2-3-4-5-6-7-8-9-10-13(16)15-12(14(17)18)11-22(19,20)21;;/h2,12H,1,3-11H2,(H,15,16)(H,17,18)(H,19,20,21);;/q;2*+1/p-2. The number of carboxylic acid groups (broad SMARTS) is 1. The Morgan fingerprint density at radius 3 is 2.04 bits per heavy atom. The Balaban J connectivity index is -0.00000220. The number of aliphatic carboxylic acids is 1. The first-order valence-corrected chi connectivity index (χ1v) is 8.87. The average Bonchev–Trinajstić information content (AvgIpc) is 2.39. The smallest absolute Gasteiger partial charge is 0.862 e. The van der Waals surface area contributed by atoms with Crippen molar-refractivity contribution >= 4 is 22.0 Å². The van der Waals surface area contributed by atoms with Gasteiger partial charge in [-0.15, -0.1) is 6.58 Å². The summed E-state index contributed by atoms with van der Waals surface area (Å²) in [6.07, 6.45) is 8.55. The molecule has 1 unspecified atom stereocenters. The zero-order valence-corrected chi connectivity index (χ0v) is 19.4. The third kappa shape index (κ3) is 18.9. The second-order valence-electron chi connectivity index (χ2n) is 5.05. The van der Waals surface area contributed by atoms with E-state index >= 15 is 0 Å². The Morgan fingerprint density at radius 2 is 1.58 bits per heavy atom. The fraction of sp³-hybridized carbons (Fsp3) is 0.714. The fourth-order valence-electron chi connectivity index (χ4n) is 1.87. The maximum Gasteiger partial charge on any atom is 1.00 e. The summed E-state index contributed by atoms with van der Waals surface area (Å²) in [6, 6.07) is -1.86. The summed E-state index contributed by atoms with van der Waals surface area (Å²) >= 11 is 0. The molecule has 0 aromatic rings. The topological polar surface area (TPSA) is 130 Å². The second kappa shape index (κ2) is 17.0. The first-order valence-electron chi connectivity index (χ1n) is 7.27. The summed E-state index contributed by atoms with van der Waals surface area (Å²) < 4.78 is 29.8. The molecule has 0 aliphatic rings. The van der Waals surface area contributed by atoms with E-state index < -0.39 is 33.8 Å². The number of carbonyl (C=O) groups excluding carboxylic acids is 1. The third-order valence-corrected chi connectivity index (χ3v) is 3.73. The predicted octanol–water partition coefficient (Wildman–Crippen LogP) is -5.93. The molecule has 0 fully saturated rings. The van der Waals surface area contributed by atoms with Gasteiger partial charge in [0, 0.05) is 0 Å². The molecule has 0 aliphatic carbocycles. The Kier molecular flexibility index (Phi) is 20.8. The monoisotopic (exact) mass is 379 g/mol. The van der Waals surface area contributed by atoms with Crippen LogP contribution in [0.3, 0.4) is 0 Å². The van der Waals surface area contributed by atoms with Crippen LogP contribution in [0.15, 0.2) is 17.6 Å². The molecule has 1 atom stereocenters. The van der Waals surface area contributed by atoms with Crippen LogP contribution in [0.2, 0.25) is 0 Å². The van der Waals surface area contributed by atoms with Gasteiger partial charge >= 0.3 is 59.1 Å². The number of carboxylic acids is 1. The van der Waals surface area contributed by atoms with Gasteiger partial charge in [0.05, 0.1) is 5.97 Å². The van der Waals surface area contributed by atoms with Crippen molar-refractivity contribution in [3.8, 4) is 0 Å². The molecular weight excluding hydrogens is 356 g/mol. The number of carbonyl (C=O) groups is 1. The molecule has 24 heavy (non-hydrogen) atoms. The molecule has 0 rings (SSSR count). The number of hydrogen-bond acceptors (Lipinski definition) is 6. The minimum atomic E-state index is -4.53. The summed E-state index contributed by atoms with van der Waals surface area (Å²) in [6.45, 7) is 3.64. The summed E-state index contributed by atoms with van der Waals surface area (Å²) in [5.41, 5.74) is 0. The van der Waals surface area contributed by atoms with Crippen LogP contribution in [-0.2, 0) is 14.9 Å². The molecule has 7 nitrogen and oxygen atoms in total. The van der Waals surface area contributed by atoms with Crippen LogP contribution in [0.25, 0.3) is 0 Å². The third-order valence-electron chi connectivity index (χ3n) is 2.99. The molecule has 0 aliphatic heterocycles. The van der Waals surface area contributed by atoms with Crippen LogP contribution in [0.1, 0.15) is 51.4 Å². The van der Waals surface area contributed by atoms with Gasteiger partial charge in [-0.3, -0.25) is 9.55 Å². The van der Waals surface area contributed by atoms with Crippen molar-refractivity contribution in [1.82, 2.24) is 0 Å². The summed E-state index contributed by atoms with van der Waals surface area (Å²) in [5, 5.41) is 22.1. The van der Waals surface area contributed by atoms with Crippen LogP contribution in [0.5, 0.6) is 0 Å². The fourth-order valence-corrected chi connectivity index (χ4v) is 2.48. The van der Waals surface area contributed by atoms with E-state index in [4.69, 9.17) is 4.55 Å². The number of unbranched alkanes of at least 4 members (excludes halogenated alkanes) is 6. The van der Waals surface area contributed by atoms with E-state index in [1.807, 2.05) is 6.08 Å². The first-order chi connectivity index (χ1) is 10.3. The molecule has 0 aromatic carbocycles. The maximum atomic E-state index is 11.5. The molecule has 0 heterocycles. The minimum Gasteiger partial charge on any atom is -0.862 e. The molecule has 0 bridgehead atoms. The number of hydrogen-bond donors (Lipinski definition) is 1. The van der Waals surface area contributed by atoms with Gasteiger partial charge < -0.3 is 15.0 Å². The van der Waals surface area contributed by atoms with Gasteiger partial charge in [-0.2, -0.15) is 8.42 Å². The quantitative estimate of drug-likeness (QED) is 0.0847. The van der Waals surface area contributed by atoms with Crippen molar-refractivity contribution in [2.75, 3.05) is 5.75 Å². The number of rotatable bonds is 13. The van der Waals surface area contributed by atoms with Crippen molar-refractivity contribution in [3.05, 3.63) is 12.7 Å². The Bertz CT molecular complexity index is 482. The van der Waals surface area contributed by atoms with Crippen molar-refractivity contribution in [3.63, 3.8) is 0 Å².